The standard InChI is InChI=1S/C13H10BrClO/c14-9-10-6-7-12(8-13(10)15)16-11-4-2-1-3-5-11/h1-8H,9H2. The van der Waals surface area contributed by atoms with Gasteiger partial charge in [0.2, 0.25) is 0 Å². The van der Waals surface area contributed by atoms with E-state index in [1.54, 1.807) is 0 Å². The van der Waals surface area contributed by atoms with E-state index in [9.17, 15) is 0 Å². The Morgan fingerprint density at radius 2 is 1.75 bits per heavy atom. The maximum absolute atomic E-state index is 6.09. The van der Waals surface area contributed by atoms with E-state index in [0.717, 1.165) is 22.4 Å². The smallest absolute Gasteiger partial charge is 0.128 e. The number of ether oxygens (including phenoxy) is 1. The molecule has 0 aliphatic rings. The van der Waals surface area contributed by atoms with Gasteiger partial charge in [0.1, 0.15) is 11.5 Å². The number of rotatable bonds is 3. The Bertz CT molecular complexity index is 471. The fraction of sp³-hybridized carbons (Fsp3) is 0.0769. The van der Waals surface area contributed by atoms with E-state index < -0.39 is 0 Å². The van der Waals surface area contributed by atoms with Gasteiger partial charge < -0.3 is 4.74 Å². The summed E-state index contributed by atoms with van der Waals surface area (Å²) in [6.07, 6.45) is 0. The molecule has 0 spiro atoms. The summed E-state index contributed by atoms with van der Waals surface area (Å²) in [6.45, 7) is 0. The Balaban J connectivity index is 2.20. The van der Waals surface area contributed by atoms with E-state index in [2.05, 4.69) is 15.9 Å². The van der Waals surface area contributed by atoms with Crippen LogP contribution >= 0.6 is 27.5 Å². The average molecular weight is 298 g/mol. The molecule has 16 heavy (non-hydrogen) atoms. The zero-order valence-electron chi connectivity index (χ0n) is 8.49. The molecule has 0 heterocycles. The van der Waals surface area contributed by atoms with Crippen molar-refractivity contribution in [3.63, 3.8) is 0 Å². The molecule has 0 saturated carbocycles. The Morgan fingerprint density at radius 3 is 2.38 bits per heavy atom. The molecule has 82 valence electrons. The lowest BCUT2D eigenvalue weighted by atomic mass is 10.2. The van der Waals surface area contributed by atoms with Gasteiger partial charge in [-0.1, -0.05) is 51.8 Å². The molecule has 0 aromatic heterocycles. The lowest BCUT2D eigenvalue weighted by molar-refractivity contribution is 0.482. The number of benzene rings is 2. The Kier molecular flexibility index (Phi) is 3.86. The number of hydrogen-bond donors (Lipinski definition) is 0. The van der Waals surface area contributed by atoms with Crippen LogP contribution in [-0.4, -0.2) is 0 Å². The molecule has 3 heteroatoms. The molecule has 2 aromatic rings. The lowest BCUT2D eigenvalue weighted by Crippen LogP contribution is -1.85. The molecule has 0 saturated heterocycles. The van der Waals surface area contributed by atoms with Crippen LogP contribution in [-0.2, 0) is 5.33 Å². The Labute approximate surface area is 108 Å². The van der Waals surface area contributed by atoms with Gasteiger partial charge in [0.15, 0.2) is 0 Å². The summed E-state index contributed by atoms with van der Waals surface area (Å²) in [4.78, 5) is 0. The van der Waals surface area contributed by atoms with E-state index in [0.29, 0.717) is 5.02 Å². The van der Waals surface area contributed by atoms with Crippen LogP contribution in [0.1, 0.15) is 5.56 Å². The topological polar surface area (TPSA) is 9.23 Å². The number of alkyl halides is 1. The van der Waals surface area contributed by atoms with Crippen LogP contribution in [0.3, 0.4) is 0 Å². The van der Waals surface area contributed by atoms with Crippen molar-refractivity contribution in [3.05, 3.63) is 59.1 Å². The summed E-state index contributed by atoms with van der Waals surface area (Å²) in [6, 6.07) is 15.3. The first-order valence-electron chi connectivity index (χ1n) is 4.87. The summed E-state index contributed by atoms with van der Waals surface area (Å²) >= 11 is 9.46. The highest BCUT2D eigenvalue weighted by Gasteiger charge is 2.02. The molecule has 0 N–H and O–H groups in total. The van der Waals surface area contributed by atoms with E-state index >= 15 is 0 Å². The number of halogens is 2. The van der Waals surface area contributed by atoms with Crippen molar-refractivity contribution in [1.29, 1.82) is 0 Å². The number of hydrogen-bond acceptors (Lipinski definition) is 1. The molecular formula is C13H10BrClO. The minimum Gasteiger partial charge on any atom is -0.457 e. The third-order valence-corrected chi connectivity index (χ3v) is 3.10. The van der Waals surface area contributed by atoms with Crippen LogP contribution in [0.5, 0.6) is 11.5 Å². The van der Waals surface area contributed by atoms with Gasteiger partial charge in [0.25, 0.3) is 0 Å². The highest BCUT2D eigenvalue weighted by molar-refractivity contribution is 9.08. The zero-order valence-corrected chi connectivity index (χ0v) is 10.8. The van der Waals surface area contributed by atoms with Crippen molar-refractivity contribution in [3.8, 4) is 11.5 Å². The molecule has 2 rings (SSSR count). The maximum Gasteiger partial charge on any atom is 0.128 e. The summed E-state index contributed by atoms with van der Waals surface area (Å²) < 4.78 is 5.66. The third-order valence-electron chi connectivity index (χ3n) is 2.15. The van der Waals surface area contributed by atoms with Crippen molar-refractivity contribution < 1.29 is 4.74 Å². The summed E-state index contributed by atoms with van der Waals surface area (Å²) in [7, 11) is 0. The Morgan fingerprint density at radius 1 is 1.00 bits per heavy atom. The van der Waals surface area contributed by atoms with Crippen LogP contribution in [0.4, 0.5) is 0 Å². The quantitative estimate of drug-likeness (QED) is 0.722. The highest BCUT2D eigenvalue weighted by atomic mass is 79.9. The molecule has 0 unspecified atom stereocenters. The zero-order chi connectivity index (χ0) is 11.4. The van der Waals surface area contributed by atoms with Gasteiger partial charge in [-0.2, -0.15) is 0 Å². The van der Waals surface area contributed by atoms with E-state index in [-0.39, 0.29) is 0 Å². The molecule has 0 aliphatic carbocycles. The average Bonchev–Trinajstić information content (AvgIpc) is 2.31. The molecule has 1 nitrogen and oxygen atoms in total. The second-order valence-corrected chi connectivity index (χ2v) is 4.27. The van der Waals surface area contributed by atoms with Gasteiger partial charge in [-0.3, -0.25) is 0 Å². The van der Waals surface area contributed by atoms with Crippen molar-refractivity contribution in [2.24, 2.45) is 0 Å². The highest BCUT2D eigenvalue weighted by Crippen LogP contribution is 2.27. The molecule has 0 aliphatic heterocycles. The van der Waals surface area contributed by atoms with Crippen molar-refractivity contribution in [1.82, 2.24) is 0 Å². The van der Waals surface area contributed by atoms with Crippen LogP contribution < -0.4 is 4.74 Å². The first-order valence-corrected chi connectivity index (χ1v) is 6.37. The SMILES string of the molecule is Clc1cc(Oc2ccccc2)ccc1CBr. The monoisotopic (exact) mass is 296 g/mol. The lowest BCUT2D eigenvalue weighted by Gasteiger charge is -2.07. The second-order valence-electron chi connectivity index (χ2n) is 3.30. The third kappa shape index (κ3) is 2.77. The fourth-order valence-electron chi connectivity index (χ4n) is 1.32. The van der Waals surface area contributed by atoms with Crippen LogP contribution in [0.2, 0.25) is 5.02 Å². The van der Waals surface area contributed by atoms with Crippen molar-refractivity contribution in [2.45, 2.75) is 5.33 Å². The van der Waals surface area contributed by atoms with Crippen LogP contribution in [0.15, 0.2) is 48.5 Å². The normalized spacial score (nSPS) is 10.1. The van der Waals surface area contributed by atoms with Gasteiger partial charge in [0.05, 0.1) is 0 Å². The second kappa shape index (κ2) is 5.37. The number of para-hydroxylation sites is 1. The van der Waals surface area contributed by atoms with Gasteiger partial charge in [-0.15, -0.1) is 0 Å². The molecule has 0 fully saturated rings. The maximum atomic E-state index is 6.09. The van der Waals surface area contributed by atoms with Gasteiger partial charge >= 0.3 is 0 Å². The molecule has 0 atom stereocenters. The molecule has 0 bridgehead atoms. The van der Waals surface area contributed by atoms with Gasteiger partial charge in [-0.25, -0.2) is 0 Å². The van der Waals surface area contributed by atoms with Crippen LogP contribution in [0.25, 0.3) is 0 Å². The Hall–Kier alpha value is -0.990. The van der Waals surface area contributed by atoms with Crippen molar-refractivity contribution in [2.75, 3.05) is 0 Å². The molecule has 2 aromatic carbocycles. The summed E-state index contributed by atoms with van der Waals surface area (Å²) in [5.41, 5.74) is 1.06. The van der Waals surface area contributed by atoms with Crippen LogP contribution in [0, 0.1) is 0 Å². The summed E-state index contributed by atoms with van der Waals surface area (Å²) in [5, 5.41) is 1.46. The minimum absolute atomic E-state index is 0.713. The van der Waals surface area contributed by atoms with E-state index in [1.807, 2.05) is 48.5 Å². The van der Waals surface area contributed by atoms with E-state index in [1.165, 1.54) is 0 Å². The summed E-state index contributed by atoms with van der Waals surface area (Å²) in [5.74, 6) is 1.56. The first kappa shape index (κ1) is 11.5. The fourth-order valence-corrected chi connectivity index (χ4v) is 2.21. The first-order chi connectivity index (χ1) is 7.79. The predicted octanol–water partition coefficient (Wildman–Crippen LogP) is 5.03. The molecular weight excluding hydrogens is 287 g/mol. The minimum atomic E-state index is 0.713. The van der Waals surface area contributed by atoms with Gasteiger partial charge in [-0.05, 0) is 29.8 Å². The molecule has 0 amide bonds. The van der Waals surface area contributed by atoms with Crippen molar-refractivity contribution >= 4 is 27.5 Å². The van der Waals surface area contributed by atoms with Gasteiger partial charge in [0, 0.05) is 10.4 Å². The largest absolute Gasteiger partial charge is 0.457 e. The predicted molar refractivity (Wildman–Crippen MR) is 70.6 cm³/mol. The molecule has 0 radical (unpaired) electrons. The van der Waals surface area contributed by atoms with E-state index in [4.69, 9.17) is 16.3 Å².